The van der Waals surface area contributed by atoms with E-state index in [4.69, 9.17) is 14.2 Å². The number of likely N-dealkylation sites (tertiary alicyclic amines) is 1. The number of ketones is 1. The van der Waals surface area contributed by atoms with Gasteiger partial charge in [0.1, 0.15) is 11.9 Å². The Balaban J connectivity index is 1.76. The van der Waals surface area contributed by atoms with Gasteiger partial charge in [0.05, 0.1) is 39.9 Å². The van der Waals surface area contributed by atoms with Crippen molar-refractivity contribution in [2.24, 2.45) is 0 Å². The summed E-state index contributed by atoms with van der Waals surface area (Å²) in [7, 11) is 4.09. The lowest BCUT2D eigenvalue weighted by Gasteiger charge is -2.28. The predicted molar refractivity (Wildman–Crippen MR) is 152 cm³/mol. The maximum absolute atomic E-state index is 13.9. The van der Waals surface area contributed by atoms with E-state index in [1.54, 1.807) is 23.1 Å². The van der Waals surface area contributed by atoms with Crippen LogP contribution in [0.15, 0.2) is 42.0 Å². The molecule has 8 heteroatoms. The van der Waals surface area contributed by atoms with Gasteiger partial charge in [-0.25, -0.2) is 0 Å². The number of ether oxygens (including phenoxy) is 3. The van der Waals surface area contributed by atoms with Crippen LogP contribution in [0.3, 0.4) is 0 Å². The number of rotatable bonds is 13. The quantitative estimate of drug-likeness (QED) is 0.179. The molecule has 8 nitrogen and oxygen atoms in total. The summed E-state index contributed by atoms with van der Waals surface area (Å²) < 4.78 is 17.7. The summed E-state index contributed by atoms with van der Waals surface area (Å²) in [5.41, 5.74) is 1.95. The second-order valence-corrected chi connectivity index (χ2v) is 10.9. The Bertz CT molecular complexity index is 1250. The SMILES string of the molecule is CCCCCOc1ccc(C2C(=C([O-])c3ccc4c(c3)CC(C)O4)C(=O)C(=O)N2CCC[NH+](C)C)cc1OCC. The lowest BCUT2D eigenvalue weighted by atomic mass is 9.94. The largest absolute Gasteiger partial charge is 0.872 e. The molecule has 2 unspecified atom stereocenters. The topological polar surface area (TPSA) is 92.6 Å². The number of benzene rings is 2. The number of hydrogen-bond acceptors (Lipinski definition) is 6. The van der Waals surface area contributed by atoms with Crippen LogP contribution in [0, 0.1) is 0 Å². The molecule has 1 N–H and O–H groups in total. The minimum Gasteiger partial charge on any atom is -0.872 e. The summed E-state index contributed by atoms with van der Waals surface area (Å²) in [6, 6.07) is 9.91. The van der Waals surface area contributed by atoms with Crippen LogP contribution < -0.4 is 24.2 Å². The first kappa shape index (κ1) is 29.5. The van der Waals surface area contributed by atoms with E-state index in [0.717, 1.165) is 37.1 Å². The minimum atomic E-state index is -0.804. The number of hydrogen-bond donors (Lipinski definition) is 1. The third kappa shape index (κ3) is 6.44. The van der Waals surface area contributed by atoms with E-state index in [1.807, 2.05) is 46.1 Å². The number of nitrogens with one attached hydrogen (secondary N) is 1. The number of Topliss-reactive ketones (excluding diaryl/α,β-unsaturated/α-hetero) is 1. The molecule has 0 aromatic heterocycles. The van der Waals surface area contributed by atoms with Crippen molar-refractivity contribution in [2.45, 2.75) is 65.0 Å². The summed E-state index contributed by atoms with van der Waals surface area (Å²) in [5, 5.41) is 13.9. The molecular weight excluding hydrogens is 508 g/mol. The lowest BCUT2D eigenvalue weighted by Crippen LogP contribution is -3.05. The molecule has 2 aromatic carbocycles. The smallest absolute Gasteiger partial charge is 0.295 e. The van der Waals surface area contributed by atoms with Gasteiger partial charge in [-0.1, -0.05) is 37.7 Å². The number of carbonyl (C=O) groups is 2. The van der Waals surface area contributed by atoms with E-state index in [1.165, 1.54) is 4.90 Å². The van der Waals surface area contributed by atoms with Gasteiger partial charge in [-0.15, -0.1) is 0 Å². The van der Waals surface area contributed by atoms with Crippen molar-refractivity contribution in [2.75, 3.05) is 40.4 Å². The van der Waals surface area contributed by atoms with Crippen LogP contribution in [-0.2, 0) is 16.0 Å². The third-order valence-corrected chi connectivity index (χ3v) is 7.35. The maximum atomic E-state index is 13.9. The standard InChI is InChI=1S/C32H42N2O6/c1-6-8-9-17-39-26-14-11-22(20-27(26)38-7-2)29-28(31(36)32(37)34(29)16-10-15-33(4)5)30(35)23-12-13-25-24(19-23)18-21(3)40-25/h11-14,19-21,29,35H,6-10,15-18H2,1-5H3. The second kappa shape index (κ2) is 13.2. The van der Waals surface area contributed by atoms with Gasteiger partial charge in [-0.2, -0.15) is 0 Å². The fourth-order valence-electron chi connectivity index (χ4n) is 5.39. The van der Waals surface area contributed by atoms with Crippen LogP contribution >= 0.6 is 0 Å². The van der Waals surface area contributed by atoms with E-state index in [9.17, 15) is 14.7 Å². The van der Waals surface area contributed by atoms with E-state index in [0.29, 0.717) is 55.2 Å². The number of fused-ring (bicyclic) bond motifs is 1. The van der Waals surface area contributed by atoms with Crippen molar-refractivity contribution in [3.8, 4) is 17.2 Å². The predicted octanol–water partition coefficient (Wildman–Crippen LogP) is 2.74. The van der Waals surface area contributed by atoms with Gasteiger partial charge in [0, 0.05) is 25.0 Å². The summed E-state index contributed by atoms with van der Waals surface area (Å²) >= 11 is 0. The van der Waals surface area contributed by atoms with Crippen molar-refractivity contribution >= 4 is 17.4 Å². The number of unbranched alkanes of at least 4 members (excludes halogenated alkanes) is 2. The molecule has 0 aliphatic carbocycles. The summed E-state index contributed by atoms with van der Waals surface area (Å²) in [6.07, 6.45) is 4.53. The molecular formula is C32H42N2O6. The first-order valence-corrected chi connectivity index (χ1v) is 14.5. The molecule has 1 amide bonds. The van der Waals surface area contributed by atoms with Crippen molar-refractivity contribution in [3.05, 3.63) is 58.7 Å². The fraction of sp³-hybridized carbons (Fsp3) is 0.500. The van der Waals surface area contributed by atoms with E-state index < -0.39 is 23.5 Å². The molecule has 0 radical (unpaired) electrons. The van der Waals surface area contributed by atoms with E-state index in [2.05, 4.69) is 6.92 Å². The molecule has 1 saturated heterocycles. The monoisotopic (exact) mass is 550 g/mol. The Morgan fingerprint density at radius 3 is 2.58 bits per heavy atom. The van der Waals surface area contributed by atoms with Crippen molar-refractivity contribution in [3.63, 3.8) is 0 Å². The molecule has 40 heavy (non-hydrogen) atoms. The van der Waals surface area contributed by atoms with Gasteiger partial charge >= 0.3 is 0 Å². The van der Waals surface area contributed by atoms with E-state index in [-0.39, 0.29) is 11.7 Å². The molecule has 1 fully saturated rings. The van der Waals surface area contributed by atoms with Gasteiger partial charge in [0.15, 0.2) is 11.5 Å². The van der Waals surface area contributed by atoms with Crippen LogP contribution in [0.2, 0.25) is 0 Å². The zero-order valence-electron chi connectivity index (χ0n) is 24.4. The molecule has 4 rings (SSSR count). The number of carbonyl (C=O) groups excluding carboxylic acids is 2. The molecule has 0 spiro atoms. The normalized spacial score (nSPS) is 19.7. The van der Waals surface area contributed by atoms with Crippen molar-refractivity contribution in [1.29, 1.82) is 0 Å². The number of quaternary nitrogens is 1. The molecule has 0 bridgehead atoms. The third-order valence-electron chi connectivity index (χ3n) is 7.35. The Kier molecular flexibility index (Phi) is 9.74. The van der Waals surface area contributed by atoms with Crippen molar-refractivity contribution < 1.29 is 33.8 Å². The highest BCUT2D eigenvalue weighted by Crippen LogP contribution is 2.42. The van der Waals surface area contributed by atoms with E-state index >= 15 is 0 Å². The molecule has 2 aliphatic rings. The Morgan fingerprint density at radius 2 is 1.85 bits per heavy atom. The van der Waals surface area contributed by atoms with Crippen LogP contribution in [0.4, 0.5) is 0 Å². The highest BCUT2D eigenvalue weighted by Gasteiger charge is 2.44. The van der Waals surface area contributed by atoms with Gasteiger partial charge in [0.25, 0.3) is 5.91 Å². The Labute approximate surface area is 237 Å². The lowest BCUT2D eigenvalue weighted by molar-refractivity contribution is -0.858. The fourth-order valence-corrected chi connectivity index (χ4v) is 5.39. The highest BCUT2D eigenvalue weighted by atomic mass is 16.5. The molecule has 0 saturated carbocycles. The van der Waals surface area contributed by atoms with Gasteiger partial charge in [-0.3, -0.25) is 9.59 Å². The Hall–Kier alpha value is -3.52. The summed E-state index contributed by atoms with van der Waals surface area (Å²) in [5.74, 6) is 0.0952. The average Bonchev–Trinajstić information content (AvgIpc) is 3.42. The molecule has 216 valence electrons. The minimum absolute atomic E-state index is 0.0202. The van der Waals surface area contributed by atoms with Crippen molar-refractivity contribution in [1.82, 2.24) is 4.90 Å². The average molecular weight is 551 g/mol. The van der Waals surface area contributed by atoms with Gasteiger partial charge in [-0.05, 0) is 61.2 Å². The maximum Gasteiger partial charge on any atom is 0.295 e. The molecule has 2 atom stereocenters. The summed E-state index contributed by atoms with van der Waals surface area (Å²) in [4.78, 5) is 29.6. The zero-order valence-corrected chi connectivity index (χ0v) is 24.4. The van der Waals surface area contributed by atoms with Gasteiger partial charge in [0.2, 0.25) is 5.78 Å². The van der Waals surface area contributed by atoms with Crippen LogP contribution in [-0.4, -0.2) is 63.1 Å². The second-order valence-electron chi connectivity index (χ2n) is 10.9. The van der Waals surface area contributed by atoms with Crippen LogP contribution in [0.5, 0.6) is 17.2 Å². The Morgan fingerprint density at radius 1 is 1.05 bits per heavy atom. The zero-order chi connectivity index (χ0) is 28.8. The molecule has 2 aliphatic heterocycles. The number of nitrogens with zero attached hydrogens (tertiary/aromatic N) is 1. The number of amides is 1. The molecule has 2 heterocycles. The van der Waals surface area contributed by atoms with Crippen LogP contribution in [0.1, 0.15) is 69.2 Å². The summed E-state index contributed by atoms with van der Waals surface area (Å²) in [6.45, 7) is 8.21. The first-order valence-electron chi connectivity index (χ1n) is 14.5. The highest BCUT2D eigenvalue weighted by molar-refractivity contribution is 6.46. The first-order chi connectivity index (χ1) is 19.2. The molecule has 2 aromatic rings. The van der Waals surface area contributed by atoms with Gasteiger partial charge < -0.3 is 29.1 Å². The van der Waals surface area contributed by atoms with Crippen LogP contribution in [0.25, 0.3) is 5.76 Å².